The number of benzene rings is 2. The number of hydrogen-bond donors (Lipinski definition) is 1. The lowest BCUT2D eigenvalue weighted by atomic mass is 9.95. The highest BCUT2D eigenvalue weighted by Crippen LogP contribution is 2.39. The van der Waals surface area contributed by atoms with Gasteiger partial charge in [-0.25, -0.2) is 4.79 Å². The Morgan fingerprint density at radius 3 is 2.69 bits per heavy atom. The van der Waals surface area contributed by atoms with Crippen LogP contribution in [-0.4, -0.2) is 28.8 Å². The quantitative estimate of drug-likeness (QED) is 0.190. The van der Waals surface area contributed by atoms with E-state index in [0.717, 1.165) is 57.6 Å². The Balaban J connectivity index is 1.33. The maximum Gasteiger partial charge on any atom is 0.341 e. The van der Waals surface area contributed by atoms with E-state index >= 15 is 0 Å². The van der Waals surface area contributed by atoms with Crippen LogP contribution in [0, 0.1) is 0 Å². The molecule has 1 N–H and O–H groups in total. The predicted octanol–water partition coefficient (Wildman–Crippen LogP) is 7.19. The molecule has 0 spiro atoms. The Kier molecular flexibility index (Phi) is 7.70. The number of nitrogens with zero attached hydrogens (tertiary/aromatic N) is 1. The summed E-state index contributed by atoms with van der Waals surface area (Å²) in [5.74, 6) is -0.219. The molecule has 36 heavy (non-hydrogen) atoms. The molecule has 1 aliphatic carbocycles. The van der Waals surface area contributed by atoms with Gasteiger partial charge in [0.15, 0.2) is 0 Å². The first-order chi connectivity index (χ1) is 17.5. The average molecular weight is 539 g/mol. The highest BCUT2D eigenvalue weighted by Gasteiger charge is 2.27. The first kappa shape index (κ1) is 24.9. The second-order valence-corrected chi connectivity index (χ2v) is 11.3. The summed E-state index contributed by atoms with van der Waals surface area (Å²) in [4.78, 5) is 27.9. The van der Waals surface area contributed by atoms with Crippen LogP contribution in [0.1, 0.15) is 46.1 Å². The number of nitrogens with one attached hydrogen (secondary N) is 1. The number of aryl methyl sites for hydroxylation is 1. The van der Waals surface area contributed by atoms with Gasteiger partial charge in [0.25, 0.3) is 0 Å². The zero-order chi connectivity index (χ0) is 25.1. The van der Waals surface area contributed by atoms with Gasteiger partial charge in [0, 0.05) is 38.4 Å². The molecule has 4 aromatic rings. The smallest absolute Gasteiger partial charge is 0.341 e. The number of thiophene rings is 1. The second kappa shape index (κ2) is 11.1. The molecule has 1 amide bonds. The van der Waals surface area contributed by atoms with Crippen LogP contribution in [-0.2, 0) is 28.9 Å². The van der Waals surface area contributed by atoms with E-state index in [4.69, 9.17) is 16.3 Å². The molecule has 0 fully saturated rings. The highest BCUT2D eigenvalue weighted by atomic mass is 35.5. The molecule has 1 aliphatic rings. The van der Waals surface area contributed by atoms with Crippen molar-refractivity contribution in [2.45, 2.75) is 44.0 Å². The number of halogens is 1. The average Bonchev–Trinajstić information content (AvgIpc) is 3.42. The number of amides is 1. The standard InChI is InChI=1S/C28H27ClN2O3S2/c1-2-34-28(33)26-21-8-4-6-10-23(21)36-27(26)30-25(32)17-35-24-16-31(22-9-5-3-7-20(22)24)15-18-11-13-19(29)14-12-18/h3,5,7,9,11-14,16H,2,4,6,8,10,15,17H2,1H3,(H,30,32). The molecule has 2 aromatic heterocycles. The number of fused-ring (bicyclic) bond motifs is 2. The van der Waals surface area contributed by atoms with Crippen LogP contribution in [0.15, 0.2) is 59.6 Å². The summed E-state index contributed by atoms with van der Waals surface area (Å²) in [5, 5.41) is 5.47. The normalized spacial score (nSPS) is 12.9. The zero-order valence-corrected chi connectivity index (χ0v) is 22.4. The van der Waals surface area contributed by atoms with Gasteiger partial charge in [0.1, 0.15) is 5.00 Å². The summed E-state index contributed by atoms with van der Waals surface area (Å²) in [6.45, 7) is 2.83. The van der Waals surface area contributed by atoms with Gasteiger partial charge >= 0.3 is 5.97 Å². The Morgan fingerprint density at radius 2 is 1.89 bits per heavy atom. The molecular weight excluding hydrogens is 512 g/mol. The third kappa shape index (κ3) is 5.33. The van der Waals surface area contributed by atoms with Crippen molar-refractivity contribution < 1.29 is 14.3 Å². The van der Waals surface area contributed by atoms with Crippen molar-refractivity contribution in [2.75, 3.05) is 17.7 Å². The molecule has 0 bridgehead atoms. The molecular formula is C28H27ClN2O3S2. The van der Waals surface area contributed by atoms with Crippen LogP contribution in [0.3, 0.4) is 0 Å². The monoisotopic (exact) mass is 538 g/mol. The van der Waals surface area contributed by atoms with Crippen molar-refractivity contribution in [3.8, 4) is 0 Å². The fourth-order valence-electron chi connectivity index (χ4n) is 4.62. The zero-order valence-electron chi connectivity index (χ0n) is 20.0. The summed E-state index contributed by atoms with van der Waals surface area (Å²) in [7, 11) is 0. The van der Waals surface area contributed by atoms with E-state index in [2.05, 4.69) is 28.2 Å². The maximum atomic E-state index is 13.0. The Hall–Kier alpha value is -2.74. The number of anilines is 1. The van der Waals surface area contributed by atoms with Gasteiger partial charge < -0.3 is 14.6 Å². The molecule has 2 aromatic carbocycles. The minimum Gasteiger partial charge on any atom is -0.462 e. The van der Waals surface area contributed by atoms with Crippen molar-refractivity contribution >= 4 is 62.5 Å². The number of carbonyl (C=O) groups is 2. The van der Waals surface area contributed by atoms with Crippen LogP contribution < -0.4 is 5.32 Å². The second-order valence-electron chi connectivity index (χ2n) is 8.74. The van der Waals surface area contributed by atoms with Crippen molar-refractivity contribution in [1.29, 1.82) is 0 Å². The number of rotatable bonds is 8. The van der Waals surface area contributed by atoms with Gasteiger partial charge in [-0.1, -0.05) is 41.9 Å². The lowest BCUT2D eigenvalue weighted by Crippen LogP contribution is -2.17. The molecule has 8 heteroatoms. The molecule has 5 rings (SSSR count). The van der Waals surface area contributed by atoms with E-state index in [-0.39, 0.29) is 17.6 Å². The Morgan fingerprint density at radius 1 is 1.11 bits per heavy atom. The van der Waals surface area contributed by atoms with Crippen molar-refractivity contribution in [2.24, 2.45) is 0 Å². The van der Waals surface area contributed by atoms with Gasteiger partial charge in [0.05, 0.1) is 17.9 Å². The largest absolute Gasteiger partial charge is 0.462 e. The number of hydrogen-bond acceptors (Lipinski definition) is 5. The number of thioether (sulfide) groups is 1. The fraction of sp³-hybridized carbons (Fsp3) is 0.286. The third-order valence-electron chi connectivity index (χ3n) is 6.28. The summed E-state index contributed by atoms with van der Waals surface area (Å²) in [6, 6.07) is 16.1. The highest BCUT2D eigenvalue weighted by molar-refractivity contribution is 8.00. The van der Waals surface area contributed by atoms with Gasteiger partial charge in [-0.05, 0) is 61.9 Å². The Bertz CT molecular complexity index is 1410. The molecule has 5 nitrogen and oxygen atoms in total. The summed E-state index contributed by atoms with van der Waals surface area (Å²) in [5.41, 5.74) is 3.88. The van der Waals surface area contributed by atoms with Crippen LogP contribution in [0.5, 0.6) is 0 Å². The Labute approximate surface area is 223 Å². The van der Waals surface area contributed by atoms with Crippen LogP contribution in [0.25, 0.3) is 10.9 Å². The van der Waals surface area contributed by atoms with Crippen LogP contribution >= 0.6 is 34.7 Å². The molecule has 2 heterocycles. The van der Waals surface area contributed by atoms with Crippen molar-refractivity contribution in [1.82, 2.24) is 4.57 Å². The van der Waals surface area contributed by atoms with Gasteiger partial charge in [-0.2, -0.15) is 0 Å². The fourth-order valence-corrected chi connectivity index (χ4v) is 6.93. The molecule has 0 saturated carbocycles. The van der Waals surface area contributed by atoms with Crippen molar-refractivity contribution in [3.63, 3.8) is 0 Å². The van der Waals surface area contributed by atoms with E-state index in [0.29, 0.717) is 23.7 Å². The molecule has 0 radical (unpaired) electrons. The topological polar surface area (TPSA) is 60.3 Å². The number of ether oxygens (including phenoxy) is 1. The van der Waals surface area contributed by atoms with Crippen molar-refractivity contribution in [3.05, 3.63) is 81.3 Å². The lowest BCUT2D eigenvalue weighted by Gasteiger charge is -2.12. The minimum atomic E-state index is -0.342. The lowest BCUT2D eigenvalue weighted by molar-refractivity contribution is -0.113. The number of carbonyl (C=O) groups excluding carboxylic acids is 2. The molecule has 0 saturated heterocycles. The summed E-state index contributed by atoms with van der Waals surface area (Å²) < 4.78 is 7.51. The third-order valence-corrected chi connectivity index (χ3v) is 8.78. The van der Waals surface area contributed by atoms with Crippen LogP contribution in [0.4, 0.5) is 5.00 Å². The summed E-state index contributed by atoms with van der Waals surface area (Å²) in [6.07, 6.45) is 6.07. The van der Waals surface area contributed by atoms with E-state index in [1.54, 1.807) is 6.92 Å². The van der Waals surface area contributed by atoms with E-state index in [9.17, 15) is 9.59 Å². The molecule has 0 atom stereocenters. The van der Waals surface area contributed by atoms with Gasteiger partial charge in [-0.3, -0.25) is 4.79 Å². The number of aromatic nitrogens is 1. The van der Waals surface area contributed by atoms with E-state index < -0.39 is 0 Å². The first-order valence-corrected chi connectivity index (χ1v) is 14.3. The maximum absolute atomic E-state index is 13.0. The minimum absolute atomic E-state index is 0.126. The van der Waals surface area contributed by atoms with Gasteiger partial charge in [-0.15, -0.1) is 23.1 Å². The number of para-hydroxylation sites is 1. The van der Waals surface area contributed by atoms with Crippen LogP contribution in [0.2, 0.25) is 5.02 Å². The van der Waals surface area contributed by atoms with E-state index in [1.165, 1.54) is 28.0 Å². The molecule has 0 aliphatic heterocycles. The molecule has 186 valence electrons. The van der Waals surface area contributed by atoms with E-state index in [1.807, 2.05) is 36.4 Å². The number of esters is 1. The summed E-state index contributed by atoms with van der Waals surface area (Å²) >= 11 is 9.07. The first-order valence-electron chi connectivity index (χ1n) is 12.1. The predicted molar refractivity (Wildman–Crippen MR) is 149 cm³/mol. The molecule has 0 unspecified atom stereocenters. The SMILES string of the molecule is CCOC(=O)c1c(NC(=O)CSc2cn(Cc3ccc(Cl)cc3)c3ccccc23)sc2c1CCCC2. The van der Waals surface area contributed by atoms with Gasteiger partial charge in [0.2, 0.25) is 5.91 Å².